The Balaban J connectivity index is 1.98. The molecule has 3 aromatic rings. The minimum atomic E-state index is -3.68. The molecule has 1 atom stereocenters. The van der Waals surface area contributed by atoms with Crippen LogP contribution in [0.5, 0.6) is 5.75 Å². The number of nitrogens with zero attached hydrogens (tertiary/aromatic N) is 2. The Morgan fingerprint density at radius 2 is 1.79 bits per heavy atom. The summed E-state index contributed by atoms with van der Waals surface area (Å²) in [5, 5.41) is 18.1. The molecule has 10 heteroatoms. The zero-order valence-electron chi connectivity index (χ0n) is 17.4. The first-order chi connectivity index (χ1) is 15.6. The summed E-state index contributed by atoms with van der Waals surface area (Å²) in [6.45, 7) is -0.666. The highest BCUT2D eigenvalue weighted by Crippen LogP contribution is 2.33. The summed E-state index contributed by atoms with van der Waals surface area (Å²) in [7, 11) is -2.26. The fourth-order valence-electron chi connectivity index (χ4n) is 3.11. The Labute approximate surface area is 189 Å². The van der Waals surface area contributed by atoms with Crippen molar-refractivity contribution in [2.75, 3.05) is 13.7 Å². The SMILES string of the molecule is CN(Cc1ccc(OCC(=O)O)c(-c2cc(F)cc(C#N)c2)c1)[S+](=O)(O)c1ccc(F)cc1. The van der Waals surface area contributed by atoms with Crippen molar-refractivity contribution in [2.24, 2.45) is 0 Å². The molecule has 0 saturated carbocycles. The van der Waals surface area contributed by atoms with Gasteiger partial charge in [0.1, 0.15) is 17.4 Å². The van der Waals surface area contributed by atoms with Crippen LogP contribution in [0, 0.1) is 23.0 Å². The van der Waals surface area contributed by atoms with Gasteiger partial charge in [0.05, 0.1) is 18.2 Å². The Morgan fingerprint density at radius 3 is 2.42 bits per heavy atom. The molecule has 0 aliphatic carbocycles. The topological polar surface area (TPSA) is 111 Å². The second-order valence-electron chi connectivity index (χ2n) is 7.09. The van der Waals surface area contributed by atoms with Crippen LogP contribution in [0.3, 0.4) is 0 Å². The Hall–Kier alpha value is -3.65. The fraction of sp³-hybridized carbons (Fsp3) is 0.130. The van der Waals surface area contributed by atoms with Gasteiger partial charge in [0.2, 0.25) is 4.90 Å². The molecule has 0 spiro atoms. The van der Waals surface area contributed by atoms with Crippen molar-refractivity contribution in [1.29, 1.82) is 5.26 Å². The molecular weight excluding hydrogens is 454 g/mol. The van der Waals surface area contributed by atoms with Gasteiger partial charge in [0.25, 0.3) is 0 Å². The summed E-state index contributed by atoms with van der Waals surface area (Å²) in [5.74, 6) is -2.27. The highest BCUT2D eigenvalue weighted by Gasteiger charge is 2.35. The molecule has 33 heavy (non-hydrogen) atoms. The van der Waals surface area contributed by atoms with Gasteiger partial charge in [-0.3, -0.25) is 0 Å². The van der Waals surface area contributed by atoms with E-state index in [0.717, 1.165) is 18.2 Å². The van der Waals surface area contributed by atoms with Gasteiger partial charge in [-0.25, -0.2) is 13.6 Å². The van der Waals surface area contributed by atoms with Crippen LogP contribution >= 0.6 is 0 Å². The van der Waals surface area contributed by atoms with Crippen LogP contribution in [0.4, 0.5) is 8.78 Å². The molecule has 0 aliphatic rings. The van der Waals surface area contributed by atoms with E-state index in [-0.39, 0.29) is 28.3 Å². The zero-order valence-corrected chi connectivity index (χ0v) is 18.2. The minimum Gasteiger partial charge on any atom is -0.481 e. The van der Waals surface area contributed by atoms with Gasteiger partial charge in [-0.1, -0.05) is 10.4 Å². The average Bonchev–Trinajstić information content (AvgIpc) is 2.77. The lowest BCUT2D eigenvalue weighted by atomic mass is 10.00. The number of aliphatic carboxylic acids is 1. The van der Waals surface area contributed by atoms with Crippen molar-refractivity contribution in [1.82, 2.24) is 4.31 Å². The minimum absolute atomic E-state index is 0.0248. The molecule has 0 heterocycles. The Bertz CT molecular complexity index is 1270. The van der Waals surface area contributed by atoms with Crippen LogP contribution in [0.2, 0.25) is 0 Å². The fourth-order valence-corrected chi connectivity index (χ4v) is 4.29. The monoisotopic (exact) mass is 473 g/mol. The lowest BCUT2D eigenvalue weighted by Crippen LogP contribution is -2.32. The smallest absolute Gasteiger partial charge is 0.341 e. The lowest BCUT2D eigenvalue weighted by molar-refractivity contribution is -0.139. The highest BCUT2D eigenvalue weighted by atomic mass is 32.3. The van der Waals surface area contributed by atoms with Crippen molar-refractivity contribution in [3.63, 3.8) is 0 Å². The number of halogens is 2. The van der Waals surface area contributed by atoms with E-state index in [2.05, 4.69) is 0 Å². The van der Waals surface area contributed by atoms with Crippen molar-refractivity contribution in [2.45, 2.75) is 11.4 Å². The number of nitriles is 1. The second kappa shape index (κ2) is 9.87. The van der Waals surface area contributed by atoms with E-state index in [0.29, 0.717) is 11.1 Å². The summed E-state index contributed by atoms with van der Waals surface area (Å²) in [5.41, 5.74) is 1.18. The Morgan fingerprint density at radius 1 is 1.09 bits per heavy atom. The largest absolute Gasteiger partial charge is 0.481 e. The van der Waals surface area contributed by atoms with Crippen molar-refractivity contribution < 1.29 is 32.2 Å². The van der Waals surface area contributed by atoms with E-state index < -0.39 is 34.6 Å². The van der Waals surface area contributed by atoms with Crippen molar-refractivity contribution in [3.05, 3.63) is 83.4 Å². The number of rotatable bonds is 8. The number of carboxylic acids is 1. The lowest BCUT2D eigenvalue weighted by Gasteiger charge is -2.17. The van der Waals surface area contributed by atoms with Gasteiger partial charge in [-0.2, -0.15) is 9.81 Å². The molecule has 3 aromatic carbocycles. The van der Waals surface area contributed by atoms with Crippen LogP contribution in [-0.4, -0.2) is 33.6 Å². The van der Waals surface area contributed by atoms with Gasteiger partial charge < -0.3 is 9.84 Å². The third-order valence-corrected chi connectivity index (χ3v) is 6.54. The molecule has 170 valence electrons. The molecule has 0 aliphatic heterocycles. The Kier molecular flexibility index (Phi) is 7.18. The first-order valence-corrected chi connectivity index (χ1v) is 11.0. The average molecular weight is 473 g/mol. The number of carbonyl (C=O) groups is 1. The molecule has 1 unspecified atom stereocenters. The predicted octanol–water partition coefficient (Wildman–Crippen LogP) is 4.35. The first-order valence-electron chi connectivity index (χ1n) is 9.52. The first kappa shape index (κ1) is 24.0. The molecule has 0 aromatic heterocycles. The van der Waals surface area contributed by atoms with Crippen LogP contribution < -0.4 is 4.74 Å². The van der Waals surface area contributed by atoms with Crippen LogP contribution in [0.1, 0.15) is 11.1 Å². The summed E-state index contributed by atoms with van der Waals surface area (Å²) in [6.07, 6.45) is 0. The van der Waals surface area contributed by atoms with Crippen LogP contribution in [-0.2, 0) is 25.9 Å². The number of benzene rings is 3. The normalized spacial score (nSPS) is 12.7. The van der Waals surface area contributed by atoms with Gasteiger partial charge in [0.15, 0.2) is 6.61 Å². The number of ether oxygens (including phenoxy) is 1. The molecule has 0 radical (unpaired) electrons. The van der Waals surface area contributed by atoms with Crippen LogP contribution in [0.15, 0.2) is 65.6 Å². The van der Waals surface area contributed by atoms with E-state index in [1.165, 1.54) is 41.7 Å². The van der Waals surface area contributed by atoms with Crippen molar-refractivity contribution in [3.8, 4) is 22.9 Å². The van der Waals surface area contributed by atoms with Crippen molar-refractivity contribution >= 4 is 16.4 Å². The highest BCUT2D eigenvalue weighted by molar-refractivity contribution is 7.95. The van der Waals surface area contributed by atoms with E-state index in [4.69, 9.17) is 15.1 Å². The van der Waals surface area contributed by atoms with Gasteiger partial charge in [-0.05, 0) is 57.8 Å². The van der Waals surface area contributed by atoms with E-state index >= 15 is 0 Å². The third-order valence-electron chi connectivity index (χ3n) is 4.68. The number of hydrogen-bond acceptors (Lipinski definition) is 4. The molecule has 2 N–H and O–H groups in total. The third kappa shape index (κ3) is 5.78. The molecule has 0 saturated heterocycles. The summed E-state index contributed by atoms with van der Waals surface area (Å²) in [6, 6.07) is 14.7. The van der Waals surface area contributed by atoms with E-state index in [1.54, 1.807) is 12.1 Å². The van der Waals surface area contributed by atoms with E-state index in [9.17, 15) is 22.3 Å². The quantitative estimate of drug-likeness (QED) is 0.471. The second-order valence-corrected chi connectivity index (χ2v) is 9.18. The van der Waals surface area contributed by atoms with E-state index in [1.807, 2.05) is 6.07 Å². The summed E-state index contributed by atoms with van der Waals surface area (Å²) in [4.78, 5) is 11.0. The standard InChI is InChI=1S/C23H18F2N2O5S/c1-27(33(30,31)20-5-3-18(24)4-6-20)13-15-2-7-22(32-14-23(28)29)21(10-15)17-8-16(12-26)9-19(25)11-17/h2-11H,13-14H2,1H3,(H-,28,29,30,31)/p+1. The molecular formula is C23H19F2N2O5S+. The van der Waals surface area contributed by atoms with Gasteiger partial charge >= 0.3 is 16.4 Å². The maximum absolute atomic E-state index is 14.0. The van der Waals surface area contributed by atoms with Gasteiger partial charge in [0, 0.05) is 24.7 Å². The van der Waals surface area contributed by atoms with Crippen LogP contribution in [0.25, 0.3) is 11.1 Å². The maximum Gasteiger partial charge on any atom is 0.341 e. The van der Waals surface area contributed by atoms with Gasteiger partial charge in [-0.15, -0.1) is 0 Å². The molecule has 0 bridgehead atoms. The summed E-state index contributed by atoms with van der Waals surface area (Å²) < 4.78 is 57.2. The number of carboxylic acid groups (broad SMARTS) is 1. The zero-order chi connectivity index (χ0) is 24.2. The number of hydrogen-bond donors (Lipinski definition) is 2. The molecule has 0 amide bonds. The maximum atomic E-state index is 14.0. The predicted molar refractivity (Wildman–Crippen MR) is 116 cm³/mol. The molecule has 0 fully saturated rings. The molecule has 7 nitrogen and oxygen atoms in total. The molecule has 3 rings (SSSR count). The summed E-state index contributed by atoms with van der Waals surface area (Å²) >= 11 is 0.